The maximum absolute atomic E-state index is 11.0. The Bertz CT molecular complexity index is 979. The van der Waals surface area contributed by atoms with Crippen molar-refractivity contribution in [3.8, 4) is 22.6 Å². The molecule has 0 aliphatic carbocycles. The largest absolute Gasteiger partial charge is 0.494 e. The fourth-order valence-corrected chi connectivity index (χ4v) is 3.62. The van der Waals surface area contributed by atoms with Crippen LogP contribution in [-0.4, -0.2) is 47.4 Å². The first-order valence-electron chi connectivity index (χ1n) is 9.32. The van der Waals surface area contributed by atoms with Gasteiger partial charge in [-0.1, -0.05) is 24.3 Å². The van der Waals surface area contributed by atoms with Crippen LogP contribution in [0.15, 0.2) is 54.7 Å². The summed E-state index contributed by atoms with van der Waals surface area (Å²) in [4.78, 5) is 16.9. The first-order chi connectivity index (χ1) is 13.7. The summed E-state index contributed by atoms with van der Waals surface area (Å²) < 4.78 is 11.7. The zero-order chi connectivity index (χ0) is 19.5. The van der Waals surface area contributed by atoms with Gasteiger partial charge < -0.3 is 19.5 Å². The van der Waals surface area contributed by atoms with Crippen molar-refractivity contribution in [1.29, 1.82) is 0 Å². The summed E-state index contributed by atoms with van der Waals surface area (Å²) in [5.74, 6) is 1.54. The standard InChI is InChI=1S/C22H22N2O4/c1-27-21-19(9-6-16-3-2-12-23-20(16)21)15-4-7-17(8-5-15)28-18-10-13-24(14-11-18)22(25)26/h2-9,12,18H,10-11,13-14H2,1H3,(H,25,26). The number of hydrogen-bond donors (Lipinski definition) is 1. The number of rotatable bonds is 4. The molecule has 144 valence electrons. The molecule has 4 rings (SSSR count). The van der Waals surface area contributed by atoms with Crippen LogP contribution in [0.4, 0.5) is 4.79 Å². The summed E-state index contributed by atoms with van der Waals surface area (Å²) in [6.45, 7) is 1.03. The predicted octanol–water partition coefficient (Wildman–Crippen LogP) is 4.43. The van der Waals surface area contributed by atoms with Crippen LogP contribution in [0.3, 0.4) is 0 Å². The van der Waals surface area contributed by atoms with Crippen LogP contribution in [0, 0.1) is 0 Å². The number of nitrogens with zero attached hydrogens (tertiary/aromatic N) is 2. The van der Waals surface area contributed by atoms with Gasteiger partial charge in [-0.3, -0.25) is 4.98 Å². The molecule has 1 aliphatic rings. The minimum Gasteiger partial charge on any atom is -0.494 e. The molecule has 6 heteroatoms. The highest BCUT2D eigenvalue weighted by atomic mass is 16.5. The molecule has 0 radical (unpaired) electrons. The van der Waals surface area contributed by atoms with Gasteiger partial charge in [0.15, 0.2) is 5.75 Å². The topological polar surface area (TPSA) is 71.9 Å². The first kappa shape index (κ1) is 18.1. The molecule has 28 heavy (non-hydrogen) atoms. The SMILES string of the molecule is COc1c(-c2ccc(OC3CCN(C(=O)O)CC3)cc2)ccc2cccnc12. The molecule has 0 saturated carbocycles. The zero-order valence-electron chi connectivity index (χ0n) is 15.7. The third-order valence-corrected chi connectivity index (χ3v) is 5.11. The molecular weight excluding hydrogens is 356 g/mol. The van der Waals surface area contributed by atoms with E-state index in [1.807, 2.05) is 48.5 Å². The number of likely N-dealkylation sites (tertiary alicyclic amines) is 1. The fraction of sp³-hybridized carbons (Fsp3) is 0.273. The second kappa shape index (κ2) is 7.76. The number of fused-ring (bicyclic) bond motifs is 1. The maximum Gasteiger partial charge on any atom is 0.407 e. The number of aromatic nitrogens is 1. The Morgan fingerprint density at radius 1 is 1.11 bits per heavy atom. The van der Waals surface area contributed by atoms with Crippen LogP contribution >= 0.6 is 0 Å². The third kappa shape index (κ3) is 3.58. The number of piperidine rings is 1. The van der Waals surface area contributed by atoms with Crippen molar-refractivity contribution in [3.63, 3.8) is 0 Å². The number of carbonyl (C=O) groups is 1. The molecule has 0 spiro atoms. The second-order valence-corrected chi connectivity index (χ2v) is 6.83. The Hall–Kier alpha value is -3.28. The van der Waals surface area contributed by atoms with Gasteiger partial charge in [-0.25, -0.2) is 4.79 Å². The molecule has 0 unspecified atom stereocenters. The summed E-state index contributed by atoms with van der Waals surface area (Å²) in [6, 6.07) is 15.9. The van der Waals surface area contributed by atoms with E-state index in [9.17, 15) is 4.79 Å². The minimum atomic E-state index is -0.860. The zero-order valence-corrected chi connectivity index (χ0v) is 15.7. The molecule has 1 amide bonds. The highest BCUT2D eigenvalue weighted by Crippen LogP contribution is 2.36. The number of carboxylic acid groups (broad SMARTS) is 1. The number of amides is 1. The van der Waals surface area contributed by atoms with Crippen molar-refractivity contribution >= 4 is 17.0 Å². The van der Waals surface area contributed by atoms with E-state index in [0.29, 0.717) is 25.9 Å². The monoisotopic (exact) mass is 378 g/mol. The van der Waals surface area contributed by atoms with E-state index in [4.69, 9.17) is 14.6 Å². The van der Waals surface area contributed by atoms with Gasteiger partial charge in [-0.05, 0) is 29.8 Å². The van der Waals surface area contributed by atoms with E-state index in [-0.39, 0.29) is 6.10 Å². The highest BCUT2D eigenvalue weighted by molar-refractivity contribution is 5.92. The number of hydrogen-bond acceptors (Lipinski definition) is 4. The highest BCUT2D eigenvalue weighted by Gasteiger charge is 2.23. The number of methoxy groups -OCH3 is 1. The molecule has 1 fully saturated rings. The predicted molar refractivity (Wildman–Crippen MR) is 107 cm³/mol. The Labute approximate surface area is 163 Å². The van der Waals surface area contributed by atoms with Crippen LogP contribution in [0.2, 0.25) is 0 Å². The Balaban J connectivity index is 1.51. The number of pyridine rings is 1. The van der Waals surface area contributed by atoms with E-state index < -0.39 is 6.09 Å². The normalized spacial score (nSPS) is 14.8. The quantitative estimate of drug-likeness (QED) is 0.727. The van der Waals surface area contributed by atoms with Crippen molar-refractivity contribution in [3.05, 3.63) is 54.7 Å². The van der Waals surface area contributed by atoms with Gasteiger partial charge in [0.25, 0.3) is 0 Å². The van der Waals surface area contributed by atoms with E-state index in [2.05, 4.69) is 4.98 Å². The van der Waals surface area contributed by atoms with E-state index in [1.165, 1.54) is 4.90 Å². The van der Waals surface area contributed by atoms with E-state index >= 15 is 0 Å². The summed E-state index contributed by atoms with van der Waals surface area (Å²) in [5.41, 5.74) is 2.85. The fourth-order valence-electron chi connectivity index (χ4n) is 3.62. The smallest absolute Gasteiger partial charge is 0.407 e. The Kier molecular flexibility index (Phi) is 5.02. The Morgan fingerprint density at radius 2 is 1.86 bits per heavy atom. The van der Waals surface area contributed by atoms with Crippen LogP contribution < -0.4 is 9.47 Å². The van der Waals surface area contributed by atoms with E-state index in [1.54, 1.807) is 13.3 Å². The van der Waals surface area contributed by atoms with Crippen LogP contribution in [0.25, 0.3) is 22.0 Å². The third-order valence-electron chi connectivity index (χ3n) is 5.11. The van der Waals surface area contributed by atoms with Crippen LogP contribution in [-0.2, 0) is 0 Å². The summed E-state index contributed by atoms with van der Waals surface area (Å²) in [5, 5.41) is 10.1. The minimum absolute atomic E-state index is 0.0425. The van der Waals surface area contributed by atoms with Gasteiger partial charge in [-0.2, -0.15) is 0 Å². The lowest BCUT2D eigenvalue weighted by atomic mass is 10.0. The van der Waals surface area contributed by atoms with Crippen molar-refractivity contribution < 1.29 is 19.4 Å². The van der Waals surface area contributed by atoms with Crippen molar-refractivity contribution in [2.75, 3.05) is 20.2 Å². The van der Waals surface area contributed by atoms with Gasteiger partial charge in [0, 0.05) is 43.1 Å². The van der Waals surface area contributed by atoms with Gasteiger partial charge in [-0.15, -0.1) is 0 Å². The van der Waals surface area contributed by atoms with Crippen molar-refractivity contribution in [1.82, 2.24) is 9.88 Å². The van der Waals surface area contributed by atoms with Crippen molar-refractivity contribution in [2.45, 2.75) is 18.9 Å². The lowest BCUT2D eigenvalue weighted by molar-refractivity contribution is 0.0895. The summed E-state index contributed by atoms with van der Waals surface area (Å²) in [6.07, 6.45) is 2.36. The molecule has 1 aliphatic heterocycles. The molecule has 6 nitrogen and oxygen atoms in total. The molecule has 0 bridgehead atoms. The number of ether oxygens (including phenoxy) is 2. The van der Waals surface area contributed by atoms with Gasteiger partial charge >= 0.3 is 6.09 Å². The number of benzene rings is 2. The molecule has 2 aromatic carbocycles. The molecule has 1 aromatic heterocycles. The van der Waals surface area contributed by atoms with Crippen molar-refractivity contribution in [2.24, 2.45) is 0 Å². The lowest BCUT2D eigenvalue weighted by Crippen LogP contribution is -2.41. The van der Waals surface area contributed by atoms with Gasteiger partial charge in [0.2, 0.25) is 0 Å². The van der Waals surface area contributed by atoms with E-state index in [0.717, 1.165) is 33.5 Å². The average Bonchev–Trinajstić information content (AvgIpc) is 2.74. The molecule has 1 saturated heterocycles. The second-order valence-electron chi connectivity index (χ2n) is 6.83. The van der Waals surface area contributed by atoms with Gasteiger partial charge in [0.1, 0.15) is 17.4 Å². The molecule has 1 N–H and O–H groups in total. The molecule has 2 heterocycles. The molecule has 0 atom stereocenters. The first-order valence-corrected chi connectivity index (χ1v) is 9.32. The van der Waals surface area contributed by atoms with Crippen LogP contribution in [0.1, 0.15) is 12.8 Å². The van der Waals surface area contributed by atoms with Gasteiger partial charge in [0.05, 0.1) is 7.11 Å². The maximum atomic E-state index is 11.0. The molecule has 3 aromatic rings. The molecular formula is C22H22N2O4. The van der Waals surface area contributed by atoms with Crippen LogP contribution in [0.5, 0.6) is 11.5 Å². The summed E-state index contributed by atoms with van der Waals surface area (Å²) in [7, 11) is 1.66. The summed E-state index contributed by atoms with van der Waals surface area (Å²) >= 11 is 0. The lowest BCUT2D eigenvalue weighted by Gasteiger charge is -2.30. The Morgan fingerprint density at radius 3 is 2.54 bits per heavy atom. The average molecular weight is 378 g/mol.